The zero-order valence-corrected chi connectivity index (χ0v) is 25.2. The highest BCUT2D eigenvalue weighted by Crippen LogP contribution is 2.30. The number of nitrogens with one attached hydrogen (secondary N) is 1. The summed E-state index contributed by atoms with van der Waals surface area (Å²) in [6.07, 6.45) is 9.42. The third-order valence-electron chi connectivity index (χ3n) is 8.12. The minimum atomic E-state index is -0.671. The lowest BCUT2D eigenvalue weighted by Gasteiger charge is -2.39. The van der Waals surface area contributed by atoms with Gasteiger partial charge in [-0.25, -0.2) is 8.78 Å². The second kappa shape index (κ2) is 14.2. The molecule has 2 atom stereocenters. The minimum Gasteiger partial charge on any atom is -0.487 e. The smallest absolute Gasteiger partial charge is 0.219 e. The molecule has 8 heteroatoms. The number of rotatable bonds is 7. The molecule has 2 unspecified atom stereocenters. The number of hydrogen-bond donors (Lipinski definition) is 1. The molecule has 1 fully saturated rings. The average molecular weight is 559 g/mol. The summed E-state index contributed by atoms with van der Waals surface area (Å²) >= 11 is 0. The van der Waals surface area contributed by atoms with Gasteiger partial charge in [-0.1, -0.05) is 32.1 Å². The molecule has 0 aromatic heterocycles. The van der Waals surface area contributed by atoms with Crippen LogP contribution >= 0.6 is 0 Å². The predicted octanol–water partition coefficient (Wildman–Crippen LogP) is 6.30. The van der Waals surface area contributed by atoms with Gasteiger partial charge in [-0.2, -0.15) is 0 Å². The van der Waals surface area contributed by atoms with Gasteiger partial charge in [0.2, 0.25) is 5.91 Å². The Balaban J connectivity index is 0.00000192. The summed E-state index contributed by atoms with van der Waals surface area (Å²) in [6.45, 7) is 14.9. The summed E-state index contributed by atoms with van der Waals surface area (Å²) in [5.74, 6) is -1.11. The number of likely N-dealkylation sites (N-methyl/N-ethyl adjacent to an activating group) is 1. The molecule has 1 aliphatic carbocycles. The van der Waals surface area contributed by atoms with Gasteiger partial charge in [-0.15, -0.1) is 0 Å². The van der Waals surface area contributed by atoms with Crippen molar-refractivity contribution in [2.45, 2.75) is 84.9 Å². The van der Waals surface area contributed by atoms with E-state index in [0.717, 1.165) is 62.8 Å². The van der Waals surface area contributed by atoms with Crippen LogP contribution in [0.2, 0.25) is 0 Å². The van der Waals surface area contributed by atoms with Crippen LogP contribution in [0.5, 0.6) is 5.75 Å². The molecule has 6 nitrogen and oxygen atoms in total. The SMILES string of the molecule is CC.CNC1(C)C=CC=C(C(=NC2=C(C)CCN(C(C)=O)C2)C(C)N2CCC(Oc3ccc(F)cc3F)CC2)C1.[HH]. The molecule has 0 saturated carbocycles. The van der Waals surface area contributed by atoms with Crippen molar-refractivity contribution in [3.8, 4) is 5.75 Å². The van der Waals surface area contributed by atoms with Gasteiger partial charge in [0.25, 0.3) is 0 Å². The molecule has 2 heterocycles. The molecule has 1 saturated heterocycles. The van der Waals surface area contributed by atoms with E-state index in [1.54, 1.807) is 6.92 Å². The zero-order chi connectivity index (χ0) is 29.4. The first-order valence-corrected chi connectivity index (χ1v) is 14.5. The van der Waals surface area contributed by atoms with Gasteiger partial charge < -0.3 is 15.0 Å². The molecule has 1 N–H and O–H groups in total. The number of ether oxygens (including phenoxy) is 1. The molecule has 40 heavy (non-hydrogen) atoms. The Kier molecular flexibility index (Phi) is 11.2. The normalized spacial score (nSPS) is 23.4. The Labute approximate surface area is 240 Å². The average Bonchev–Trinajstić information content (AvgIpc) is 2.95. The van der Waals surface area contributed by atoms with Crippen LogP contribution in [0.3, 0.4) is 0 Å². The summed E-state index contributed by atoms with van der Waals surface area (Å²) in [5, 5.41) is 3.42. The molecule has 3 aliphatic rings. The first-order chi connectivity index (χ1) is 19.1. The fraction of sp³-hybridized carbons (Fsp3) is 0.562. The summed E-state index contributed by atoms with van der Waals surface area (Å²) in [4.78, 5) is 21.6. The van der Waals surface area contributed by atoms with E-state index in [2.05, 4.69) is 49.2 Å². The lowest BCUT2D eigenvalue weighted by Crippen LogP contribution is -2.48. The maximum absolute atomic E-state index is 14.1. The van der Waals surface area contributed by atoms with Gasteiger partial charge in [0.15, 0.2) is 11.6 Å². The molecular formula is C32H48F2N4O2. The Hall–Kier alpha value is -2.84. The van der Waals surface area contributed by atoms with Gasteiger partial charge in [0.1, 0.15) is 11.9 Å². The largest absolute Gasteiger partial charge is 0.487 e. The first-order valence-electron chi connectivity index (χ1n) is 14.5. The van der Waals surface area contributed by atoms with Crippen molar-refractivity contribution >= 4 is 11.6 Å². The van der Waals surface area contributed by atoms with Crippen LogP contribution in [-0.2, 0) is 4.79 Å². The number of hydrogen-bond acceptors (Lipinski definition) is 5. The van der Waals surface area contributed by atoms with Crippen LogP contribution in [0.15, 0.2) is 58.3 Å². The van der Waals surface area contributed by atoms with Crippen molar-refractivity contribution in [3.05, 3.63) is 64.9 Å². The Morgan fingerprint density at radius 3 is 2.55 bits per heavy atom. The van der Waals surface area contributed by atoms with Crippen LogP contribution in [0.1, 0.15) is 68.7 Å². The van der Waals surface area contributed by atoms with Crippen LogP contribution < -0.4 is 10.1 Å². The lowest BCUT2D eigenvalue weighted by atomic mass is 9.84. The Morgan fingerprint density at radius 1 is 1.23 bits per heavy atom. The third kappa shape index (κ3) is 7.88. The molecule has 0 spiro atoms. The fourth-order valence-electron chi connectivity index (χ4n) is 5.36. The number of amides is 1. The number of aliphatic imine (C=N–C) groups is 1. The number of carbonyl (C=O) groups is 1. The van der Waals surface area contributed by atoms with Gasteiger partial charge in [-0.3, -0.25) is 14.7 Å². The third-order valence-corrected chi connectivity index (χ3v) is 8.12. The first kappa shape index (κ1) is 31.7. The molecule has 1 aromatic carbocycles. The lowest BCUT2D eigenvalue weighted by molar-refractivity contribution is -0.128. The van der Waals surface area contributed by atoms with E-state index >= 15 is 0 Å². The quantitative estimate of drug-likeness (QED) is 0.399. The van der Waals surface area contributed by atoms with Gasteiger partial charge >= 0.3 is 0 Å². The highest BCUT2D eigenvalue weighted by Gasteiger charge is 2.32. The van der Waals surface area contributed by atoms with Gasteiger partial charge in [0.05, 0.1) is 18.0 Å². The van der Waals surface area contributed by atoms with Crippen molar-refractivity contribution in [1.82, 2.24) is 15.1 Å². The molecule has 1 aromatic rings. The highest BCUT2D eigenvalue weighted by atomic mass is 19.1. The van der Waals surface area contributed by atoms with Crippen LogP contribution in [0, 0.1) is 11.6 Å². The number of likely N-dealkylation sites (tertiary alicyclic amines) is 1. The summed E-state index contributed by atoms with van der Waals surface area (Å²) in [6, 6.07) is 3.48. The fourth-order valence-corrected chi connectivity index (χ4v) is 5.36. The number of allylic oxidation sites excluding steroid dienone is 2. The van der Waals surface area contributed by atoms with Crippen LogP contribution in [-0.4, -0.2) is 72.3 Å². The van der Waals surface area contributed by atoms with Crippen LogP contribution in [0.25, 0.3) is 0 Å². The standard InChI is InChI=1S/C30H40F2N4O2.C2H6.H2/c1-20-10-14-36(22(3)37)19-27(20)34-29(23-7-6-13-30(4,18-23)33-5)21(2)35-15-11-25(12-16-35)38-28-9-8-24(31)17-26(28)32;1-2;/h6-9,13,17,21,25,33H,10-12,14-16,18-19H2,1-5H3;1-2H3;1H. The Morgan fingerprint density at radius 2 is 1.93 bits per heavy atom. The maximum Gasteiger partial charge on any atom is 0.219 e. The van der Waals surface area contributed by atoms with E-state index in [4.69, 9.17) is 9.73 Å². The summed E-state index contributed by atoms with van der Waals surface area (Å²) in [7, 11) is 1.97. The second-order valence-corrected chi connectivity index (χ2v) is 10.9. The van der Waals surface area contributed by atoms with Crippen molar-refractivity contribution in [2.75, 3.05) is 33.2 Å². The van der Waals surface area contributed by atoms with Gasteiger partial charge in [0, 0.05) is 45.6 Å². The summed E-state index contributed by atoms with van der Waals surface area (Å²) in [5.41, 5.74) is 4.25. The topological polar surface area (TPSA) is 57.2 Å². The Bertz CT molecular complexity index is 1170. The predicted molar refractivity (Wildman–Crippen MR) is 161 cm³/mol. The van der Waals surface area contributed by atoms with Crippen molar-refractivity contribution in [2.24, 2.45) is 4.99 Å². The molecule has 0 bridgehead atoms. The monoisotopic (exact) mass is 558 g/mol. The zero-order valence-electron chi connectivity index (χ0n) is 25.2. The second-order valence-electron chi connectivity index (χ2n) is 10.9. The number of benzene rings is 1. The molecular weight excluding hydrogens is 510 g/mol. The molecule has 2 aliphatic heterocycles. The van der Waals surface area contributed by atoms with E-state index in [9.17, 15) is 13.6 Å². The van der Waals surface area contributed by atoms with E-state index in [0.29, 0.717) is 6.54 Å². The van der Waals surface area contributed by atoms with Crippen molar-refractivity contribution in [1.29, 1.82) is 0 Å². The number of piperidine rings is 1. The number of nitrogens with zero attached hydrogens (tertiary/aromatic N) is 3. The summed E-state index contributed by atoms with van der Waals surface area (Å²) < 4.78 is 33.3. The van der Waals surface area contributed by atoms with Gasteiger partial charge in [-0.05, 0) is 76.8 Å². The molecule has 4 rings (SSSR count). The number of carbonyl (C=O) groups excluding carboxylic acids is 1. The van der Waals surface area contributed by atoms with Crippen LogP contribution in [0.4, 0.5) is 8.78 Å². The molecule has 222 valence electrons. The van der Waals surface area contributed by atoms with E-state index in [-0.39, 0.29) is 30.8 Å². The molecule has 1 amide bonds. The van der Waals surface area contributed by atoms with E-state index in [1.165, 1.54) is 23.3 Å². The number of halogens is 2. The van der Waals surface area contributed by atoms with Crippen molar-refractivity contribution < 1.29 is 19.7 Å². The highest BCUT2D eigenvalue weighted by molar-refractivity contribution is 6.05. The van der Waals surface area contributed by atoms with Crippen molar-refractivity contribution in [3.63, 3.8) is 0 Å². The molecule has 0 radical (unpaired) electrons. The minimum absolute atomic E-state index is 0. The van der Waals surface area contributed by atoms with E-state index in [1.807, 2.05) is 25.8 Å². The van der Waals surface area contributed by atoms with E-state index < -0.39 is 11.6 Å². The maximum atomic E-state index is 14.1.